The number of rotatable bonds is 11. The van der Waals surface area contributed by atoms with Crippen LogP contribution in [0.2, 0.25) is 10.0 Å². The lowest BCUT2D eigenvalue weighted by molar-refractivity contribution is -0.139. The molecule has 3 aromatic carbocycles. The smallest absolute Gasteiger partial charge is 0.264 e. The Morgan fingerprint density at radius 1 is 0.921 bits per heavy atom. The maximum atomic E-state index is 13.9. The number of sulfonamides is 1. The fourth-order valence-corrected chi connectivity index (χ4v) is 5.59. The highest BCUT2D eigenvalue weighted by Crippen LogP contribution is 2.28. The highest BCUT2D eigenvalue weighted by atomic mass is 35.5. The Bertz CT molecular complexity index is 1360. The maximum Gasteiger partial charge on any atom is 0.264 e. The summed E-state index contributed by atoms with van der Waals surface area (Å²) in [7, 11) is -4.15. The second kappa shape index (κ2) is 13.1. The molecule has 0 heterocycles. The SMILES string of the molecule is CCCNC(=O)[C@H](C)N(Cc1ccc(Cl)cc1)C(=O)CN(c1ccccc1C)S(=O)(=O)c1ccc(Cl)cc1. The van der Waals surface area contributed by atoms with Crippen LogP contribution < -0.4 is 9.62 Å². The molecule has 0 spiro atoms. The number of benzene rings is 3. The van der Waals surface area contributed by atoms with Gasteiger partial charge in [0.2, 0.25) is 11.8 Å². The van der Waals surface area contributed by atoms with Crippen molar-refractivity contribution in [3.05, 3.63) is 94.0 Å². The second-order valence-electron chi connectivity index (χ2n) is 8.87. The number of hydrogen-bond acceptors (Lipinski definition) is 4. The first kappa shape index (κ1) is 29.5. The molecule has 0 aromatic heterocycles. The van der Waals surface area contributed by atoms with E-state index in [-0.39, 0.29) is 17.3 Å². The number of nitrogens with zero attached hydrogens (tertiary/aromatic N) is 2. The summed E-state index contributed by atoms with van der Waals surface area (Å²) in [6, 6.07) is 18.8. The van der Waals surface area contributed by atoms with Crippen LogP contribution in [0.25, 0.3) is 0 Å². The standard InChI is InChI=1S/C28H31Cl2N3O4S/c1-4-17-31-28(35)21(3)32(18-22-9-11-23(29)12-10-22)27(34)19-33(26-8-6-5-7-20(26)2)38(36,37)25-15-13-24(30)14-16-25/h5-16,21H,4,17-19H2,1-3H3,(H,31,35)/t21-/m0/s1. The summed E-state index contributed by atoms with van der Waals surface area (Å²) >= 11 is 12.0. The van der Waals surface area contributed by atoms with Crippen LogP contribution in [-0.2, 0) is 26.2 Å². The van der Waals surface area contributed by atoms with E-state index in [1.54, 1.807) is 62.4 Å². The lowest BCUT2D eigenvalue weighted by Crippen LogP contribution is -2.51. The van der Waals surface area contributed by atoms with E-state index in [1.165, 1.54) is 29.2 Å². The van der Waals surface area contributed by atoms with Gasteiger partial charge in [0.1, 0.15) is 12.6 Å². The normalized spacial score (nSPS) is 12.0. The molecule has 0 aliphatic carbocycles. The van der Waals surface area contributed by atoms with Gasteiger partial charge in [0.15, 0.2) is 0 Å². The van der Waals surface area contributed by atoms with E-state index in [4.69, 9.17) is 23.2 Å². The molecule has 1 atom stereocenters. The van der Waals surface area contributed by atoms with Gasteiger partial charge in [0.25, 0.3) is 10.0 Å². The average molecular weight is 577 g/mol. The quantitative estimate of drug-likeness (QED) is 0.330. The van der Waals surface area contributed by atoms with Crippen LogP contribution in [0.4, 0.5) is 5.69 Å². The average Bonchev–Trinajstić information content (AvgIpc) is 2.90. The third-order valence-corrected chi connectivity index (χ3v) is 8.33. The van der Waals surface area contributed by atoms with Crippen molar-refractivity contribution in [1.29, 1.82) is 0 Å². The summed E-state index contributed by atoms with van der Waals surface area (Å²) in [6.07, 6.45) is 0.740. The van der Waals surface area contributed by atoms with Gasteiger partial charge in [0, 0.05) is 23.1 Å². The first-order chi connectivity index (χ1) is 18.0. The van der Waals surface area contributed by atoms with Crippen LogP contribution in [0.3, 0.4) is 0 Å². The fraction of sp³-hybridized carbons (Fsp3) is 0.286. The van der Waals surface area contributed by atoms with Crippen LogP contribution in [-0.4, -0.2) is 44.3 Å². The van der Waals surface area contributed by atoms with Crippen molar-refractivity contribution < 1.29 is 18.0 Å². The highest BCUT2D eigenvalue weighted by molar-refractivity contribution is 7.92. The van der Waals surface area contributed by atoms with Crippen molar-refractivity contribution in [1.82, 2.24) is 10.2 Å². The van der Waals surface area contributed by atoms with E-state index >= 15 is 0 Å². The number of anilines is 1. The van der Waals surface area contributed by atoms with Gasteiger partial charge in [-0.25, -0.2) is 8.42 Å². The molecule has 2 amide bonds. The molecule has 1 N–H and O–H groups in total. The number of para-hydroxylation sites is 1. The summed E-state index contributed by atoms with van der Waals surface area (Å²) in [6.45, 7) is 5.39. The first-order valence-electron chi connectivity index (χ1n) is 12.2. The van der Waals surface area contributed by atoms with Crippen LogP contribution in [0, 0.1) is 6.92 Å². The molecule has 0 unspecified atom stereocenters. The third-order valence-electron chi connectivity index (χ3n) is 6.05. The Morgan fingerprint density at radius 3 is 2.08 bits per heavy atom. The Balaban J connectivity index is 2.02. The van der Waals surface area contributed by atoms with Crippen molar-refractivity contribution in [2.24, 2.45) is 0 Å². The number of nitrogens with one attached hydrogen (secondary N) is 1. The maximum absolute atomic E-state index is 13.9. The van der Waals surface area contributed by atoms with E-state index in [1.807, 2.05) is 6.92 Å². The molecule has 7 nitrogen and oxygen atoms in total. The number of carbonyl (C=O) groups excluding carboxylic acids is 2. The molecule has 0 bridgehead atoms. The van der Waals surface area contributed by atoms with Crippen molar-refractivity contribution in [2.75, 3.05) is 17.4 Å². The Hall–Kier alpha value is -3.07. The molecule has 3 aromatic rings. The summed E-state index contributed by atoms with van der Waals surface area (Å²) in [5.41, 5.74) is 1.79. The number of hydrogen-bond donors (Lipinski definition) is 1. The van der Waals surface area contributed by atoms with Gasteiger partial charge in [0.05, 0.1) is 10.6 Å². The zero-order valence-electron chi connectivity index (χ0n) is 21.5. The van der Waals surface area contributed by atoms with Gasteiger partial charge in [-0.2, -0.15) is 0 Å². The third kappa shape index (κ3) is 7.28. The van der Waals surface area contributed by atoms with Crippen molar-refractivity contribution in [2.45, 2.75) is 44.7 Å². The summed E-state index contributed by atoms with van der Waals surface area (Å²) in [5.74, 6) is -0.850. The molecule has 0 fully saturated rings. The lowest BCUT2D eigenvalue weighted by Gasteiger charge is -2.32. The second-order valence-corrected chi connectivity index (χ2v) is 11.6. The van der Waals surface area contributed by atoms with Gasteiger partial charge in [-0.15, -0.1) is 0 Å². The van der Waals surface area contributed by atoms with E-state index in [0.717, 1.165) is 16.3 Å². The number of halogens is 2. The minimum atomic E-state index is -4.15. The summed E-state index contributed by atoms with van der Waals surface area (Å²) in [4.78, 5) is 28.1. The molecule has 0 radical (unpaired) electrons. The largest absolute Gasteiger partial charge is 0.354 e. The van der Waals surface area contributed by atoms with Gasteiger partial charge < -0.3 is 10.2 Å². The predicted molar refractivity (Wildman–Crippen MR) is 152 cm³/mol. The van der Waals surface area contributed by atoms with E-state index in [9.17, 15) is 18.0 Å². The van der Waals surface area contributed by atoms with E-state index in [2.05, 4.69) is 5.32 Å². The number of carbonyl (C=O) groups is 2. The minimum Gasteiger partial charge on any atom is -0.354 e. The lowest BCUT2D eigenvalue weighted by atomic mass is 10.1. The van der Waals surface area contributed by atoms with E-state index < -0.39 is 28.5 Å². The van der Waals surface area contributed by atoms with Crippen LogP contribution >= 0.6 is 23.2 Å². The van der Waals surface area contributed by atoms with Crippen molar-refractivity contribution in [3.63, 3.8) is 0 Å². The Morgan fingerprint density at radius 2 is 1.50 bits per heavy atom. The van der Waals surface area contributed by atoms with Gasteiger partial charge in [-0.05, 0) is 73.9 Å². The molecular formula is C28H31Cl2N3O4S. The Kier molecular flexibility index (Phi) is 10.2. The Labute approximate surface area is 234 Å². The summed E-state index contributed by atoms with van der Waals surface area (Å²) in [5, 5.41) is 3.75. The van der Waals surface area contributed by atoms with Crippen molar-refractivity contribution >= 4 is 50.7 Å². The van der Waals surface area contributed by atoms with Crippen LogP contribution in [0.5, 0.6) is 0 Å². The highest BCUT2D eigenvalue weighted by Gasteiger charge is 2.33. The van der Waals surface area contributed by atoms with Gasteiger partial charge in [-0.3, -0.25) is 13.9 Å². The van der Waals surface area contributed by atoms with Crippen LogP contribution in [0.15, 0.2) is 77.7 Å². The van der Waals surface area contributed by atoms with Crippen LogP contribution in [0.1, 0.15) is 31.4 Å². The molecule has 0 saturated heterocycles. The van der Waals surface area contributed by atoms with Crippen molar-refractivity contribution in [3.8, 4) is 0 Å². The zero-order valence-corrected chi connectivity index (χ0v) is 23.9. The number of amides is 2. The molecule has 0 aliphatic rings. The molecule has 3 rings (SSSR count). The topological polar surface area (TPSA) is 86.8 Å². The monoisotopic (exact) mass is 575 g/mol. The minimum absolute atomic E-state index is 0.00376. The molecule has 0 aliphatic heterocycles. The molecule has 0 saturated carbocycles. The number of aryl methyl sites for hydroxylation is 1. The van der Waals surface area contributed by atoms with Gasteiger partial charge >= 0.3 is 0 Å². The molecule has 202 valence electrons. The zero-order chi connectivity index (χ0) is 27.9. The molecular weight excluding hydrogens is 545 g/mol. The summed E-state index contributed by atoms with van der Waals surface area (Å²) < 4.78 is 28.7. The van der Waals surface area contributed by atoms with E-state index in [0.29, 0.717) is 27.8 Å². The first-order valence-corrected chi connectivity index (χ1v) is 14.4. The predicted octanol–water partition coefficient (Wildman–Crippen LogP) is 5.44. The molecule has 38 heavy (non-hydrogen) atoms. The van der Waals surface area contributed by atoms with Gasteiger partial charge in [-0.1, -0.05) is 60.5 Å². The fourth-order valence-electron chi connectivity index (χ4n) is 3.86. The molecule has 10 heteroatoms.